The summed E-state index contributed by atoms with van der Waals surface area (Å²) in [5.41, 5.74) is 10.4. The summed E-state index contributed by atoms with van der Waals surface area (Å²) in [7, 11) is 0. The molecule has 1 aliphatic rings. The number of halogens is 2. The molecule has 3 rings (SSSR count). The monoisotopic (exact) mass is 287 g/mol. The summed E-state index contributed by atoms with van der Waals surface area (Å²) >= 11 is 0. The van der Waals surface area contributed by atoms with Crippen LogP contribution in [0.5, 0.6) is 0 Å². The predicted molar refractivity (Wildman–Crippen MR) is 80.3 cm³/mol. The van der Waals surface area contributed by atoms with Gasteiger partial charge in [0.15, 0.2) is 11.6 Å². The van der Waals surface area contributed by atoms with E-state index < -0.39 is 11.6 Å². The zero-order chi connectivity index (χ0) is 15.0. The van der Waals surface area contributed by atoms with E-state index in [0.717, 1.165) is 36.0 Å². The first-order valence-corrected chi connectivity index (χ1v) is 7.43. The summed E-state index contributed by atoms with van der Waals surface area (Å²) < 4.78 is 27.3. The molecule has 21 heavy (non-hydrogen) atoms. The largest absolute Gasteiger partial charge is 0.327 e. The average molecular weight is 287 g/mol. The lowest BCUT2D eigenvalue weighted by atomic mass is 9.82. The molecule has 0 heterocycles. The van der Waals surface area contributed by atoms with Crippen molar-refractivity contribution in [3.63, 3.8) is 0 Å². The Morgan fingerprint density at radius 3 is 2.48 bits per heavy atom. The van der Waals surface area contributed by atoms with Gasteiger partial charge in [-0.2, -0.15) is 0 Å². The topological polar surface area (TPSA) is 26.0 Å². The van der Waals surface area contributed by atoms with Crippen molar-refractivity contribution in [3.8, 4) is 0 Å². The Kier molecular flexibility index (Phi) is 3.77. The highest BCUT2D eigenvalue weighted by Crippen LogP contribution is 2.37. The fraction of sp³-hybridized carbons (Fsp3) is 0.333. The number of nitrogens with two attached hydrogens (primary N) is 1. The van der Waals surface area contributed by atoms with Crippen LogP contribution in [0, 0.1) is 11.6 Å². The van der Waals surface area contributed by atoms with Crippen LogP contribution in [0.4, 0.5) is 8.78 Å². The Bertz CT molecular complexity index is 666. The third kappa shape index (κ3) is 2.46. The van der Waals surface area contributed by atoms with Gasteiger partial charge in [-0.25, -0.2) is 8.78 Å². The van der Waals surface area contributed by atoms with Crippen molar-refractivity contribution in [1.82, 2.24) is 0 Å². The van der Waals surface area contributed by atoms with Crippen LogP contribution in [-0.2, 0) is 12.8 Å². The van der Waals surface area contributed by atoms with Gasteiger partial charge in [0.1, 0.15) is 0 Å². The molecule has 2 unspecified atom stereocenters. The molecule has 1 nitrogen and oxygen atoms in total. The third-order valence-corrected chi connectivity index (χ3v) is 4.47. The first kappa shape index (κ1) is 14.2. The van der Waals surface area contributed by atoms with Crippen molar-refractivity contribution < 1.29 is 8.78 Å². The highest BCUT2D eigenvalue weighted by molar-refractivity contribution is 5.46. The minimum Gasteiger partial charge on any atom is -0.327 e. The summed E-state index contributed by atoms with van der Waals surface area (Å²) in [6.45, 7) is 2.03. The molecule has 2 atom stereocenters. The van der Waals surface area contributed by atoms with Crippen LogP contribution in [0.25, 0.3) is 0 Å². The van der Waals surface area contributed by atoms with Crippen molar-refractivity contribution in [2.75, 3.05) is 0 Å². The number of benzene rings is 2. The molecule has 0 bridgehead atoms. The normalized spacial score (nSPS) is 18.6. The number of rotatable bonds is 2. The zero-order valence-electron chi connectivity index (χ0n) is 12.1. The number of fused-ring (bicyclic) bond motifs is 2. The summed E-state index contributed by atoms with van der Waals surface area (Å²) in [6, 6.07) is 10.7. The van der Waals surface area contributed by atoms with E-state index in [0.29, 0.717) is 0 Å². The van der Waals surface area contributed by atoms with E-state index in [2.05, 4.69) is 12.1 Å². The molecule has 0 saturated carbocycles. The van der Waals surface area contributed by atoms with Crippen LogP contribution in [0.2, 0.25) is 0 Å². The van der Waals surface area contributed by atoms with Gasteiger partial charge in [-0.3, -0.25) is 0 Å². The van der Waals surface area contributed by atoms with Gasteiger partial charge in [0, 0.05) is 12.0 Å². The molecule has 2 N–H and O–H groups in total. The van der Waals surface area contributed by atoms with Gasteiger partial charge in [0.25, 0.3) is 0 Å². The molecule has 0 saturated heterocycles. The summed E-state index contributed by atoms with van der Waals surface area (Å²) in [5.74, 6) is -1.64. The van der Waals surface area contributed by atoms with Gasteiger partial charge >= 0.3 is 0 Å². The Morgan fingerprint density at radius 2 is 1.71 bits per heavy atom. The van der Waals surface area contributed by atoms with E-state index in [9.17, 15) is 8.78 Å². The molecule has 0 amide bonds. The Morgan fingerprint density at radius 1 is 1.05 bits per heavy atom. The number of aryl methyl sites for hydroxylation is 2. The fourth-order valence-electron chi connectivity index (χ4n) is 3.31. The Labute approximate surface area is 123 Å². The molecular weight excluding hydrogens is 268 g/mol. The van der Waals surface area contributed by atoms with Crippen molar-refractivity contribution in [2.24, 2.45) is 5.73 Å². The standard InChI is InChI=1S/C18H19F2N/c1-2-17(21)18-13-6-4-3-5-11(13)7-8-12-9-15(19)16(20)10-14(12)18/h3-6,9-10,17-18H,2,7-8,21H2,1H3. The van der Waals surface area contributed by atoms with Crippen molar-refractivity contribution in [3.05, 3.63) is 70.3 Å². The maximum Gasteiger partial charge on any atom is 0.159 e. The van der Waals surface area contributed by atoms with Gasteiger partial charge in [0.05, 0.1) is 0 Å². The Hall–Kier alpha value is -1.74. The van der Waals surface area contributed by atoms with Gasteiger partial charge in [-0.15, -0.1) is 0 Å². The van der Waals surface area contributed by atoms with Gasteiger partial charge in [-0.05, 0) is 53.6 Å². The second kappa shape index (κ2) is 5.57. The molecule has 0 radical (unpaired) electrons. The lowest BCUT2D eigenvalue weighted by Gasteiger charge is -2.26. The molecule has 0 spiro atoms. The van der Waals surface area contributed by atoms with Gasteiger partial charge in [0.2, 0.25) is 0 Å². The second-order valence-corrected chi connectivity index (χ2v) is 5.71. The van der Waals surface area contributed by atoms with Crippen LogP contribution in [0.3, 0.4) is 0 Å². The molecule has 1 aliphatic carbocycles. The van der Waals surface area contributed by atoms with Crippen LogP contribution >= 0.6 is 0 Å². The molecule has 0 aliphatic heterocycles. The van der Waals surface area contributed by atoms with Gasteiger partial charge < -0.3 is 5.73 Å². The summed E-state index contributed by atoms with van der Waals surface area (Å²) in [4.78, 5) is 0. The predicted octanol–water partition coefficient (Wildman–Crippen LogP) is 3.93. The molecule has 3 heteroatoms. The van der Waals surface area contributed by atoms with Gasteiger partial charge in [-0.1, -0.05) is 31.2 Å². The SMILES string of the molecule is CCC(N)C1c2ccccc2CCc2cc(F)c(F)cc21. The summed E-state index contributed by atoms with van der Waals surface area (Å²) in [5, 5.41) is 0. The second-order valence-electron chi connectivity index (χ2n) is 5.71. The van der Waals surface area contributed by atoms with Crippen LogP contribution in [0.15, 0.2) is 36.4 Å². The molecule has 0 fully saturated rings. The smallest absolute Gasteiger partial charge is 0.159 e. The molecule has 110 valence electrons. The Balaban J connectivity index is 2.23. The van der Waals surface area contributed by atoms with Crippen LogP contribution in [0.1, 0.15) is 41.5 Å². The van der Waals surface area contributed by atoms with E-state index in [1.807, 2.05) is 19.1 Å². The van der Waals surface area contributed by atoms with Crippen LogP contribution < -0.4 is 5.73 Å². The molecule has 2 aromatic carbocycles. The summed E-state index contributed by atoms with van der Waals surface area (Å²) in [6.07, 6.45) is 2.34. The lowest BCUT2D eigenvalue weighted by Crippen LogP contribution is -2.29. The first-order valence-electron chi connectivity index (χ1n) is 7.43. The third-order valence-electron chi connectivity index (χ3n) is 4.47. The maximum atomic E-state index is 13.7. The van der Waals surface area contributed by atoms with Crippen molar-refractivity contribution in [2.45, 2.75) is 38.1 Å². The van der Waals surface area contributed by atoms with Crippen LogP contribution in [-0.4, -0.2) is 6.04 Å². The average Bonchev–Trinajstić information content (AvgIpc) is 2.64. The first-order chi connectivity index (χ1) is 10.1. The molecular formula is C18H19F2N. The fourth-order valence-corrected chi connectivity index (χ4v) is 3.31. The zero-order valence-corrected chi connectivity index (χ0v) is 12.1. The van der Waals surface area contributed by atoms with Crippen molar-refractivity contribution >= 4 is 0 Å². The lowest BCUT2D eigenvalue weighted by molar-refractivity contribution is 0.500. The molecule has 0 aromatic heterocycles. The van der Waals surface area contributed by atoms with E-state index in [1.54, 1.807) is 0 Å². The van der Waals surface area contributed by atoms with E-state index in [-0.39, 0.29) is 12.0 Å². The van der Waals surface area contributed by atoms with E-state index >= 15 is 0 Å². The quantitative estimate of drug-likeness (QED) is 0.889. The molecule has 2 aromatic rings. The number of hydrogen-bond donors (Lipinski definition) is 1. The highest BCUT2D eigenvalue weighted by atomic mass is 19.2. The maximum absolute atomic E-state index is 13.7. The number of hydrogen-bond acceptors (Lipinski definition) is 1. The minimum absolute atomic E-state index is 0.0706. The minimum atomic E-state index is -0.790. The van der Waals surface area contributed by atoms with E-state index in [1.165, 1.54) is 17.7 Å². The highest BCUT2D eigenvalue weighted by Gasteiger charge is 2.28. The van der Waals surface area contributed by atoms with Crippen molar-refractivity contribution in [1.29, 1.82) is 0 Å². The van der Waals surface area contributed by atoms with E-state index in [4.69, 9.17) is 5.73 Å².